The molecule has 2 aliphatic heterocycles. The lowest BCUT2D eigenvalue weighted by Crippen LogP contribution is -2.36. The van der Waals surface area contributed by atoms with Crippen molar-refractivity contribution in [1.29, 1.82) is 0 Å². The molecular formula is C24H22N2O2. The van der Waals surface area contributed by atoms with Crippen molar-refractivity contribution in [3.8, 4) is 11.1 Å². The van der Waals surface area contributed by atoms with Gasteiger partial charge in [-0.05, 0) is 53.8 Å². The zero-order chi connectivity index (χ0) is 18.9. The van der Waals surface area contributed by atoms with Crippen LogP contribution >= 0.6 is 0 Å². The third kappa shape index (κ3) is 3.10. The highest BCUT2D eigenvalue weighted by Gasteiger charge is 2.52. The molecule has 5 rings (SSSR count). The summed E-state index contributed by atoms with van der Waals surface area (Å²) in [6.45, 7) is 0. The fourth-order valence-electron chi connectivity index (χ4n) is 4.62. The molecule has 4 atom stereocenters. The van der Waals surface area contributed by atoms with Crippen molar-refractivity contribution < 1.29 is 9.53 Å². The highest BCUT2D eigenvalue weighted by atomic mass is 16.5. The fraction of sp³-hybridized carbons (Fsp3) is 0.250. The van der Waals surface area contributed by atoms with E-state index in [0.717, 1.165) is 29.7 Å². The van der Waals surface area contributed by atoms with Crippen molar-refractivity contribution in [3.05, 3.63) is 84.7 Å². The van der Waals surface area contributed by atoms with Gasteiger partial charge in [0.1, 0.15) is 0 Å². The van der Waals surface area contributed by atoms with Crippen molar-refractivity contribution in [2.24, 2.45) is 5.92 Å². The van der Waals surface area contributed by atoms with Crippen LogP contribution in [-0.2, 0) is 9.53 Å². The van der Waals surface area contributed by atoms with Crippen LogP contribution in [0, 0.1) is 5.92 Å². The first kappa shape index (κ1) is 17.1. The average Bonchev–Trinajstić information content (AvgIpc) is 3.37. The molecule has 0 unspecified atom stereocenters. The number of benzene rings is 2. The molecule has 4 nitrogen and oxygen atoms in total. The zero-order valence-corrected chi connectivity index (χ0v) is 15.5. The van der Waals surface area contributed by atoms with Gasteiger partial charge in [-0.15, -0.1) is 0 Å². The summed E-state index contributed by atoms with van der Waals surface area (Å²) in [5.41, 5.74) is 4.26. The molecule has 0 saturated carbocycles. The number of aromatic nitrogens is 1. The lowest BCUT2D eigenvalue weighted by atomic mass is 9.75. The van der Waals surface area contributed by atoms with Crippen LogP contribution in [0.5, 0.6) is 0 Å². The largest absolute Gasteiger partial charge is 0.373 e. The van der Waals surface area contributed by atoms with Crippen LogP contribution in [0.25, 0.3) is 11.1 Å². The maximum Gasteiger partial charge on any atom is 0.230 e. The van der Waals surface area contributed by atoms with Crippen molar-refractivity contribution in [1.82, 2.24) is 4.98 Å². The Balaban J connectivity index is 1.35. The van der Waals surface area contributed by atoms with Gasteiger partial charge in [0.25, 0.3) is 0 Å². The Morgan fingerprint density at radius 1 is 0.857 bits per heavy atom. The fourth-order valence-corrected chi connectivity index (χ4v) is 4.62. The van der Waals surface area contributed by atoms with Crippen molar-refractivity contribution in [3.63, 3.8) is 0 Å². The smallest absolute Gasteiger partial charge is 0.230 e. The first-order valence-electron chi connectivity index (χ1n) is 9.81. The molecule has 140 valence electrons. The molecule has 0 spiro atoms. The number of pyridine rings is 1. The normalized spacial score (nSPS) is 25.6. The van der Waals surface area contributed by atoms with Gasteiger partial charge in [0.15, 0.2) is 0 Å². The molecule has 2 aliphatic rings. The first-order chi connectivity index (χ1) is 13.8. The topological polar surface area (TPSA) is 51.2 Å². The molecule has 1 amide bonds. The van der Waals surface area contributed by atoms with E-state index in [9.17, 15) is 4.79 Å². The number of carbonyl (C=O) groups is 1. The molecule has 0 aliphatic carbocycles. The van der Waals surface area contributed by atoms with Crippen molar-refractivity contribution >= 4 is 11.6 Å². The minimum absolute atomic E-state index is 0.00626. The number of carbonyl (C=O) groups excluding carboxylic acids is 1. The van der Waals surface area contributed by atoms with E-state index in [4.69, 9.17) is 4.74 Å². The Bertz CT molecular complexity index is 957. The van der Waals surface area contributed by atoms with Crippen LogP contribution < -0.4 is 5.32 Å². The Labute approximate surface area is 164 Å². The SMILES string of the molecule is O=C(Nc1ccc(-c2ccccc2)cc1)[C@H]1[C@@H](c2ccncc2)[C@H]2CC[C@@H]1O2. The molecule has 1 N–H and O–H groups in total. The molecular weight excluding hydrogens is 348 g/mol. The molecule has 2 saturated heterocycles. The Morgan fingerprint density at radius 3 is 2.29 bits per heavy atom. The standard InChI is InChI=1S/C24H22N2O2/c27-24(26-19-8-6-17(7-9-19)16-4-2-1-3-5-16)23-21-11-10-20(28-21)22(23)18-12-14-25-15-13-18/h1-9,12-15,20-23H,10-11H2,(H,26,27)/t20-,21+,22+,23-/m1/s1. The molecule has 4 heteroatoms. The van der Waals surface area contributed by atoms with Gasteiger partial charge >= 0.3 is 0 Å². The predicted octanol–water partition coefficient (Wildman–Crippen LogP) is 4.65. The number of fused-ring (bicyclic) bond motifs is 2. The Morgan fingerprint density at radius 2 is 1.54 bits per heavy atom. The van der Waals surface area contributed by atoms with Crippen LogP contribution in [0.1, 0.15) is 24.3 Å². The lowest BCUT2D eigenvalue weighted by molar-refractivity contribution is -0.121. The number of ether oxygens (including phenoxy) is 1. The lowest BCUT2D eigenvalue weighted by Gasteiger charge is -2.27. The molecule has 1 aromatic heterocycles. The molecule has 0 radical (unpaired) electrons. The van der Waals surface area contributed by atoms with Gasteiger partial charge < -0.3 is 10.1 Å². The molecule has 28 heavy (non-hydrogen) atoms. The third-order valence-corrected chi connectivity index (χ3v) is 5.93. The minimum Gasteiger partial charge on any atom is -0.373 e. The average molecular weight is 370 g/mol. The minimum atomic E-state index is -0.157. The second kappa shape index (κ2) is 7.21. The highest BCUT2D eigenvalue weighted by molar-refractivity contribution is 5.94. The van der Waals surface area contributed by atoms with Gasteiger partial charge in [-0.1, -0.05) is 42.5 Å². The molecule has 2 bridgehead atoms. The van der Waals surface area contributed by atoms with Gasteiger partial charge in [0, 0.05) is 24.0 Å². The quantitative estimate of drug-likeness (QED) is 0.727. The van der Waals surface area contributed by atoms with E-state index >= 15 is 0 Å². The van der Waals surface area contributed by atoms with E-state index in [0.29, 0.717) is 0 Å². The van der Waals surface area contributed by atoms with Crippen molar-refractivity contribution in [2.75, 3.05) is 5.32 Å². The second-order valence-corrected chi connectivity index (χ2v) is 7.56. The van der Waals surface area contributed by atoms with Gasteiger partial charge in [-0.3, -0.25) is 9.78 Å². The summed E-state index contributed by atoms with van der Waals surface area (Å²) in [5.74, 6) is -0.0123. The number of nitrogens with zero attached hydrogens (tertiary/aromatic N) is 1. The van der Waals surface area contributed by atoms with Crippen LogP contribution in [-0.4, -0.2) is 23.1 Å². The summed E-state index contributed by atoms with van der Waals surface area (Å²) >= 11 is 0. The van der Waals surface area contributed by atoms with E-state index in [2.05, 4.69) is 22.4 Å². The molecule has 3 aromatic rings. The number of hydrogen-bond donors (Lipinski definition) is 1. The summed E-state index contributed by atoms with van der Waals surface area (Å²) in [4.78, 5) is 17.2. The van der Waals surface area contributed by atoms with Gasteiger partial charge in [-0.2, -0.15) is 0 Å². The maximum atomic E-state index is 13.1. The number of rotatable bonds is 4. The second-order valence-electron chi connectivity index (χ2n) is 7.56. The summed E-state index contributed by atoms with van der Waals surface area (Å²) in [6.07, 6.45) is 5.69. The summed E-state index contributed by atoms with van der Waals surface area (Å²) < 4.78 is 6.11. The maximum absolute atomic E-state index is 13.1. The van der Waals surface area contributed by atoms with E-state index in [-0.39, 0.29) is 30.0 Å². The summed E-state index contributed by atoms with van der Waals surface area (Å²) in [7, 11) is 0. The van der Waals surface area contributed by atoms with Gasteiger partial charge in [-0.25, -0.2) is 0 Å². The monoisotopic (exact) mass is 370 g/mol. The van der Waals surface area contributed by atoms with Crippen LogP contribution in [0.4, 0.5) is 5.69 Å². The number of hydrogen-bond acceptors (Lipinski definition) is 3. The third-order valence-electron chi connectivity index (χ3n) is 5.93. The zero-order valence-electron chi connectivity index (χ0n) is 15.5. The van der Waals surface area contributed by atoms with Crippen LogP contribution in [0.2, 0.25) is 0 Å². The van der Waals surface area contributed by atoms with Crippen LogP contribution in [0.3, 0.4) is 0 Å². The molecule has 3 heterocycles. The van der Waals surface area contributed by atoms with E-state index in [1.165, 1.54) is 5.56 Å². The predicted molar refractivity (Wildman–Crippen MR) is 109 cm³/mol. The van der Waals surface area contributed by atoms with Gasteiger partial charge in [0.05, 0.1) is 18.1 Å². The van der Waals surface area contributed by atoms with E-state index in [1.54, 1.807) is 12.4 Å². The van der Waals surface area contributed by atoms with Crippen molar-refractivity contribution in [2.45, 2.75) is 31.0 Å². The summed E-state index contributed by atoms with van der Waals surface area (Å²) in [6, 6.07) is 22.3. The number of amides is 1. The van der Waals surface area contributed by atoms with E-state index in [1.807, 2.05) is 54.6 Å². The highest BCUT2D eigenvalue weighted by Crippen LogP contribution is 2.49. The Hall–Kier alpha value is -2.98. The molecule has 2 aromatic carbocycles. The number of nitrogens with one attached hydrogen (secondary N) is 1. The van der Waals surface area contributed by atoms with E-state index < -0.39 is 0 Å². The number of anilines is 1. The first-order valence-corrected chi connectivity index (χ1v) is 9.81. The molecule has 2 fully saturated rings. The Kier molecular flexibility index (Phi) is 4.41. The summed E-state index contributed by atoms with van der Waals surface area (Å²) in [5, 5.41) is 3.11. The van der Waals surface area contributed by atoms with Crippen LogP contribution in [0.15, 0.2) is 79.1 Å². The van der Waals surface area contributed by atoms with Gasteiger partial charge in [0.2, 0.25) is 5.91 Å².